The van der Waals surface area contributed by atoms with Crippen LogP contribution in [0.2, 0.25) is 5.02 Å². The van der Waals surface area contributed by atoms with E-state index in [9.17, 15) is 4.79 Å². The van der Waals surface area contributed by atoms with Gasteiger partial charge in [-0.15, -0.1) is 0 Å². The minimum atomic E-state index is -0.955. The minimum Gasteiger partial charge on any atom is -0.478 e. The van der Waals surface area contributed by atoms with Gasteiger partial charge in [0.1, 0.15) is 0 Å². The molecule has 76 valence electrons. The van der Waals surface area contributed by atoms with Gasteiger partial charge in [0.15, 0.2) is 17.4 Å². The maximum atomic E-state index is 10.9. The zero-order valence-electron chi connectivity index (χ0n) is 7.20. The number of hydrogen-bond donors (Lipinski definition) is 1. The molecule has 0 aromatic heterocycles. The number of rotatable bonds is 1. The van der Waals surface area contributed by atoms with E-state index in [0.29, 0.717) is 10.4 Å². The lowest BCUT2D eigenvalue weighted by Gasteiger charge is -2.03. The molecule has 2 nitrogen and oxygen atoms in total. The average molecular weight is 237 g/mol. The van der Waals surface area contributed by atoms with Crippen LogP contribution in [0.5, 0.6) is 0 Å². The number of aromatic carboxylic acids is 1. The highest BCUT2D eigenvalue weighted by Gasteiger charge is 2.09. The Balaban J connectivity index is 0.00000112. The van der Waals surface area contributed by atoms with Crippen molar-refractivity contribution in [1.82, 2.24) is 0 Å². The summed E-state index contributed by atoms with van der Waals surface area (Å²) in [4.78, 5) is 10.9. The van der Waals surface area contributed by atoms with Crippen molar-refractivity contribution >= 4 is 45.7 Å². The van der Waals surface area contributed by atoms with Gasteiger partial charge in [0.25, 0.3) is 0 Å². The molecule has 0 unspecified atom stereocenters. The Hall–Kier alpha value is -1.01. The molecule has 4 heteroatoms. The zero-order valence-corrected chi connectivity index (χ0v) is 7.95. The van der Waals surface area contributed by atoms with Gasteiger partial charge in [-0.2, -0.15) is 0 Å². The number of hydrogen-bond acceptors (Lipinski definition) is 1. The van der Waals surface area contributed by atoms with Gasteiger partial charge >= 0.3 is 5.97 Å². The topological polar surface area (TPSA) is 37.3 Å². The first kappa shape index (κ1) is 12.1. The van der Waals surface area contributed by atoms with Crippen LogP contribution in [0.4, 0.5) is 0 Å². The van der Waals surface area contributed by atoms with Crippen molar-refractivity contribution in [1.29, 1.82) is 0 Å². The summed E-state index contributed by atoms with van der Waals surface area (Å²) in [6.45, 7) is 0. The predicted octanol–water partition coefficient (Wildman–Crippen LogP) is 2.01. The number of carboxylic acids is 1. The van der Waals surface area contributed by atoms with E-state index in [0.717, 1.165) is 5.39 Å². The molecule has 0 fully saturated rings. The smallest absolute Gasteiger partial charge is 0.336 e. The second-order valence-electron chi connectivity index (χ2n) is 2.95. The SMILES string of the molecule is O=C(O)c1cccc2cccc(Cl)c12.[AlH3]. The lowest BCUT2D eigenvalue weighted by Crippen LogP contribution is -1.97. The molecule has 0 heterocycles. The molecule has 0 saturated carbocycles. The predicted molar refractivity (Wildman–Crippen MR) is 65.9 cm³/mol. The van der Waals surface area contributed by atoms with Crippen molar-refractivity contribution in [2.24, 2.45) is 0 Å². The molecule has 0 aliphatic carbocycles. The van der Waals surface area contributed by atoms with Crippen LogP contribution < -0.4 is 0 Å². The van der Waals surface area contributed by atoms with Crippen LogP contribution in [0.3, 0.4) is 0 Å². The second kappa shape index (κ2) is 4.67. The minimum absolute atomic E-state index is 0. The maximum Gasteiger partial charge on any atom is 0.336 e. The van der Waals surface area contributed by atoms with E-state index < -0.39 is 5.97 Å². The van der Waals surface area contributed by atoms with Crippen LogP contribution in [-0.4, -0.2) is 28.4 Å². The summed E-state index contributed by atoms with van der Waals surface area (Å²) in [7, 11) is 0. The molecular formula is C11H10AlClO2. The van der Waals surface area contributed by atoms with E-state index >= 15 is 0 Å². The largest absolute Gasteiger partial charge is 0.478 e. The quantitative estimate of drug-likeness (QED) is 0.769. The Labute approximate surface area is 103 Å². The first-order chi connectivity index (χ1) is 6.70. The first-order valence-corrected chi connectivity index (χ1v) is 4.48. The van der Waals surface area contributed by atoms with Crippen LogP contribution in [0, 0.1) is 0 Å². The molecule has 2 aromatic carbocycles. The van der Waals surface area contributed by atoms with E-state index in [1.54, 1.807) is 24.3 Å². The Morgan fingerprint density at radius 3 is 2.33 bits per heavy atom. The molecule has 2 rings (SSSR count). The molecule has 0 saturated heterocycles. The van der Waals surface area contributed by atoms with Gasteiger partial charge in [0.2, 0.25) is 0 Å². The third kappa shape index (κ3) is 2.15. The molecule has 1 N–H and O–H groups in total. The standard InChI is InChI=1S/C11H7ClO2.Al.3H/c12-9-6-2-4-7-3-1-5-8(10(7)9)11(13)14;;;;/h1-6H,(H,13,14);;;;. The highest BCUT2D eigenvalue weighted by Crippen LogP contribution is 2.26. The Kier molecular flexibility index (Phi) is 3.76. The van der Waals surface area contributed by atoms with Crippen molar-refractivity contribution in [3.63, 3.8) is 0 Å². The van der Waals surface area contributed by atoms with Crippen LogP contribution in [0.15, 0.2) is 36.4 Å². The summed E-state index contributed by atoms with van der Waals surface area (Å²) in [6, 6.07) is 10.4. The average Bonchev–Trinajstić information content (AvgIpc) is 2.17. The van der Waals surface area contributed by atoms with Gasteiger partial charge in [-0.05, 0) is 17.5 Å². The van der Waals surface area contributed by atoms with Crippen molar-refractivity contribution in [3.8, 4) is 0 Å². The Bertz CT molecular complexity index is 506. The molecule has 2 aromatic rings. The highest BCUT2D eigenvalue weighted by atomic mass is 35.5. The fourth-order valence-corrected chi connectivity index (χ4v) is 1.76. The van der Waals surface area contributed by atoms with Gasteiger partial charge < -0.3 is 5.11 Å². The zero-order chi connectivity index (χ0) is 10.1. The molecule has 0 atom stereocenters. The van der Waals surface area contributed by atoms with E-state index in [1.165, 1.54) is 0 Å². The molecular weight excluding hydrogens is 227 g/mol. The molecule has 0 aliphatic rings. The molecule has 0 spiro atoms. The number of carboxylic acid groups (broad SMARTS) is 1. The third-order valence-electron chi connectivity index (χ3n) is 2.08. The fraction of sp³-hybridized carbons (Fsp3) is 0. The van der Waals surface area contributed by atoms with Crippen molar-refractivity contribution in [2.45, 2.75) is 0 Å². The van der Waals surface area contributed by atoms with E-state index in [-0.39, 0.29) is 22.9 Å². The molecule has 0 bridgehead atoms. The number of fused-ring (bicyclic) bond motifs is 1. The lowest BCUT2D eigenvalue weighted by molar-refractivity contribution is 0.0699. The fourth-order valence-electron chi connectivity index (χ4n) is 1.47. The number of halogens is 1. The highest BCUT2D eigenvalue weighted by molar-refractivity contribution is 6.36. The van der Waals surface area contributed by atoms with E-state index in [4.69, 9.17) is 16.7 Å². The van der Waals surface area contributed by atoms with Crippen molar-refractivity contribution in [3.05, 3.63) is 47.0 Å². The molecule has 15 heavy (non-hydrogen) atoms. The van der Waals surface area contributed by atoms with Crippen LogP contribution >= 0.6 is 11.6 Å². The first-order valence-electron chi connectivity index (χ1n) is 4.10. The summed E-state index contributed by atoms with van der Waals surface area (Å²) in [5.74, 6) is -0.955. The van der Waals surface area contributed by atoms with Gasteiger partial charge in [-0.3, -0.25) is 0 Å². The van der Waals surface area contributed by atoms with Gasteiger partial charge in [-0.1, -0.05) is 35.9 Å². The van der Waals surface area contributed by atoms with Gasteiger partial charge in [-0.25, -0.2) is 4.79 Å². The Morgan fingerprint density at radius 1 is 1.13 bits per heavy atom. The monoisotopic (exact) mass is 236 g/mol. The summed E-state index contributed by atoms with van der Waals surface area (Å²) in [6.07, 6.45) is 0. The third-order valence-corrected chi connectivity index (χ3v) is 2.40. The lowest BCUT2D eigenvalue weighted by atomic mass is 10.0. The maximum absolute atomic E-state index is 10.9. The molecule has 0 amide bonds. The Morgan fingerprint density at radius 2 is 1.73 bits per heavy atom. The van der Waals surface area contributed by atoms with Crippen molar-refractivity contribution < 1.29 is 9.90 Å². The second-order valence-corrected chi connectivity index (χ2v) is 3.36. The molecule has 0 aliphatic heterocycles. The van der Waals surface area contributed by atoms with E-state index in [1.807, 2.05) is 12.1 Å². The van der Waals surface area contributed by atoms with Crippen molar-refractivity contribution in [2.75, 3.05) is 0 Å². The summed E-state index contributed by atoms with van der Waals surface area (Å²) in [5.41, 5.74) is 0.244. The summed E-state index contributed by atoms with van der Waals surface area (Å²) in [5, 5.41) is 10.9. The van der Waals surface area contributed by atoms with Crippen LogP contribution in [0.1, 0.15) is 10.4 Å². The number of benzene rings is 2. The summed E-state index contributed by atoms with van der Waals surface area (Å²) >= 11 is 5.94. The molecule has 0 radical (unpaired) electrons. The summed E-state index contributed by atoms with van der Waals surface area (Å²) < 4.78 is 0. The van der Waals surface area contributed by atoms with E-state index in [2.05, 4.69) is 0 Å². The van der Waals surface area contributed by atoms with Crippen LogP contribution in [-0.2, 0) is 0 Å². The van der Waals surface area contributed by atoms with Gasteiger partial charge in [0.05, 0.1) is 5.56 Å². The number of carbonyl (C=O) groups is 1. The normalized spacial score (nSPS) is 9.67. The van der Waals surface area contributed by atoms with Gasteiger partial charge in [0, 0.05) is 10.4 Å². The van der Waals surface area contributed by atoms with Crippen LogP contribution in [0.25, 0.3) is 10.8 Å².